The topological polar surface area (TPSA) is 46.5 Å². The van der Waals surface area contributed by atoms with Crippen molar-refractivity contribution in [2.45, 2.75) is 13.3 Å². The highest BCUT2D eigenvalue weighted by Gasteiger charge is 2.25. The van der Waals surface area contributed by atoms with Crippen LogP contribution >= 0.6 is 0 Å². The summed E-state index contributed by atoms with van der Waals surface area (Å²) >= 11 is 0. The zero-order chi connectivity index (χ0) is 16.4. The number of fused-ring (bicyclic) bond motifs is 1. The molecule has 0 bridgehead atoms. The molecule has 3 heteroatoms. The van der Waals surface area contributed by atoms with Crippen molar-refractivity contribution in [2.75, 3.05) is 7.11 Å². The Kier molecular flexibility index (Phi) is 4.02. The van der Waals surface area contributed by atoms with Crippen LogP contribution in [0.2, 0.25) is 0 Å². The van der Waals surface area contributed by atoms with Crippen molar-refractivity contribution < 1.29 is 14.6 Å². The summed E-state index contributed by atoms with van der Waals surface area (Å²) < 4.78 is 5.29. The quantitative estimate of drug-likeness (QED) is 0.904. The summed E-state index contributed by atoms with van der Waals surface area (Å²) in [5.41, 5.74) is 6.05. The van der Waals surface area contributed by atoms with Crippen LogP contribution in [0, 0.1) is 0 Å². The van der Waals surface area contributed by atoms with E-state index in [1.54, 1.807) is 7.11 Å². The third kappa shape index (κ3) is 2.90. The maximum absolute atomic E-state index is 11.2. The average molecular weight is 306 g/mol. The third-order valence-electron chi connectivity index (χ3n) is 4.14. The van der Waals surface area contributed by atoms with Crippen LogP contribution in [0.4, 0.5) is 0 Å². The van der Waals surface area contributed by atoms with Gasteiger partial charge in [0.05, 0.1) is 13.5 Å². The summed E-state index contributed by atoms with van der Waals surface area (Å²) in [5.74, 6) is -0.0884. The second kappa shape index (κ2) is 6.13. The number of methoxy groups -OCH3 is 1. The van der Waals surface area contributed by atoms with Gasteiger partial charge < -0.3 is 9.84 Å². The van der Waals surface area contributed by atoms with E-state index in [4.69, 9.17) is 4.74 Å². The molecular formula is C20H18O3. The van der Waals surface area contributed by atoms with Gasteiger partial charge in [0.1, 0.15) is 5.75 Å². The van der Waals surface area contributed by atoms with Crippen LogP contribution in [0.25, 0.3) is 17.2 Å². The van der Waals surface area contributed by atoms with Crippen LogP contribution < -0.4 is 4.74 Å². The van der Waals surface area contributed by atoms with Crippen molar-refractivity contribution in [3.63, 3.8) is 0 Å². The predicted octanol–water partition coefficient (Wildman–Crippen LogP) is 4.50. The van der Waals surface area contributed by atoms with E-state index < -0.39 is 5.97 Å². The highest BCUT2D eigenvalue weighted by molar-refractivity contribution is 6.07. The Morgan fingerprint density at radius 2 is 1.87 bits per heavy atom. The van der Waals surface area contributed by atoms with E-state index in [1.165, 1.54) is 0 Å². The number of carbonyl (C=O) groups is 1. The normalized spacial score (nSPS) is 15.0. The molecule has 0 amide bonds. The predicted molar refractivity (Wildman–Crippen MR) is 92.2 cm³/mol. The first kappa shape index (κ1) is 15.1. The molecule has 0 unspecified atom stereocenters. The SMILES string of the molecule is COc1ccc2c(c1)C(CC(=O)O)=C(C)/C2=C/c1ccccc1. The minimum absolute atomic E-state index is 0.0120. The molecule has 3 rings (SSSR count). The number of carboxylic acids is 1. The van der Waals surface area contributed by atoms with Crippen molar-refractivity contribution in [3.8, 4) is 5.75 Å². The van der Waals surface area contributed by atoms with Gasteiger partial charge in [0.25, 0.3) is 0 Å². The van der Waals surface area contributed by atoms with Gasteiger partial charge in [-0.25, -0.2) is 0 Å². The fraction of sp³-hybridized carbons (Fsp3) is 0.150. The lowest BCUT2D eigenvalue weighted by molar-refractivity contribution is -0.135. The number of ether oxygens (including phenoxy) is 1. The molecule has 0 spiro atoms. The minimum atomic E-state index is -0.825. The second-order valence-corrected chi connectivity index (χ2v) is 5.55. The van der Waals surface area contributed by atoms with Gasteiger partial charge in [0.15, 0.2) is 0 Å². The molecule has 1 aliphatic rings. The molecule has 0 atom stereocenters. The number of allylic oxidation sites excluding steroid dienone is 2. The van der Waals surface area contributed by atoms with E-state index in [-0.39, 0.29) is 6.42 Å². The van der Waals surface area contributed by atoms with Crippen LogP contribution in [0.1, 0.15) is 30.0 Å². The van der Waals surface area contributed by atoms with E-state index in [0.29, 0.717) is 0 Å². The fourth-order valence-electron chi connectivity index (χ4n) is 2.98. The Balaban J connectivity index is 2.17. The van der Waals surface area contributed by atoms with Gasteiger partial charge in [-0.1, -0.05) is 36.4 Å². The number of hydrogen-bond donors (Lipinski definition) is 1. The summed E-state index contributed by atoms with van der Waals surface area (Å²) in [6.45, 7) is 1.99. The summed E-state index contributed by atoms with van der Waals surface area (Å²) in [4.78, 5) is 11.2. The molecular weight excluding hydrogens is 288 g/mol. The maximum Gasteiger partial charge on any atom is 0.307 e. The number of aliphatic carboxylic acids is 1. The molecule has 2 aromatic rings. The molecule has 0 aromatic heterocycles. The van der Waals surface area contributed by atoms with Gasteiger partial charge in [-0.15, -0.1) is 0 Å². The Morgan fingerprint density at radius 3 is 2.52 bits per heavy atom. The second-order valence-electron chi connectivity index (χ2n) is 5.55. The van der Waals surface area contributed by atoms with Gasteiger partial charge in [-0.05, 0) is 58.5 Å². The molecule has 0 saturated heterocycles. The van der Waals surface area contributed by atoms with E-state index >= 15 is 0 Å². The van der Waals surface area contributed by atoms with Crippen molar-refractivity contribution in [1.29, 1.82) is 0 Å². The monoisotopic (exact) mass is 306 g/mol. The Morgan fingerprint density at radius 1 is 1.13 bits per heavy atom. The number of rotatable bonds is 4. The first-order valence-electron chi connectivity index (χ1n) is 7.47. The largest absolute Gasteiger partial charge is 0.497 e. The lowest BCUT2D eigenvalue weighted by Crippen LogP contribution is -1.97. The zero-order valence-electron chi connectivity index (χ0n) is 13.2. The first-order valence-corrected chi connectivity index (χ1v) is 7.47. The Hall–Kier alpha value is -2.81. The summed E-state index contributed by atoms with van der Waals surface area (Å²) in [6, 6.07) is 15.9. The van der Waals surface area contributed by atoms with Gasteiger partial charge in [0.2, 0.25) is 0 Å². The number of hydrogen-bond acceptors (Lipinski definition) is 2. The standard InChI is InChI=1S/C20H18O3/c1-13-17(10-14-6-4-3-5-7-14)16-9-8-15(23-2)11-19(16)18(13)12-20(21)22/h3-11H,12H2,1-2H3,(H,21,22)/b17-10-. The molecule has 0 aliphatic heterocycles. The van der Waals surface area contributed by atoms with E-state index in [0.717, 1.165) is 39.2 Å². The van der Waals surface area contributed by atoms with Gasteiger partial charge in [-0.2, -0.15) is 0 Å². The van der Waals surface area contributed by atoms with Crippen LogP contribution in [0.15, 0.2) is 54.1 Å². The van der Waals surface area contributed by atoms with Crippen LogP contribution in [-0.2, 0) is 4.79 Å². The van der Waals surface area contributed by atoms with Crippen LogP contribution in [0.3, 0.4) is 0 Å². The highest BCUT2D eigenvalue weighted by Crippen LogP contribution is 2.44. The van der Waals surface area contributed by atoms with E-state index in [1.807, 2.05) is 55.5 Å². The molecule has 23 heavy (non-hydrogen) atoms. The van der Waals surface area contributed by atoms with Crippen LogP contribution in [0.5, 0.6) is 5.75 Å². The van der Waals surface area contributed by atoms with Crippen molar-refractivity contribution >= 4 is 23.2 Å². The van der Waals surface area contributed by atoms with Crippen LogP contribution in [-0.4, -0.2) is 18.2 Å². The summed E-state index contributed by atoms with van der Waals surface area (Å²) in [7, 11) is 1.62. The molecule has 2 aromatic carbocycles. The average Bonchev–Trinajstić information content (AvgIpc) is 2.80. The molecule has 0 saturated carbocycles. The van der Waals surface area contributed by atoms with Gasteiger partial charge in [-0.3, -0.25) is 4.79 Å². The molecule has 116 valence electrons. The molecule has 0 heterocycles. The van der Waals surface area contributed by atoms with Crippen molar-refractivity contribution in [2.24, 2.45) is 0 Å². The van der Waals surface area contributed by atoms with E-state index in [2.05, 4.69) is 6.08 Å². The molecule has 0 fully saturated rings. The maximum atomic E-state index is 11.2. The van der Waals surface area contributed by atoms with E-state index in [9.17, 15) is 9.90 Å². The minimum Gasteiger partial charge on any atom is -0.497 e. The van der Waals surface area contributed by atoms with Gasteiger partial charge >= 0.3 is 5.97 Å². The summed E-state index contributed by atoms with van der Waals surface area (Å²) in [5, 5.41) is 9.23. The molecule has 0 radical (unpaired) electrons. The fourth-order valence-corrected chi connectivity index (χ4v) is 2.98. The molecule has 1 N–H and O–H groups in total. The Bertz CT molecular complexity index is 814. The lowest BCUT2D eigenvalue weighted by Gasteiger charge is -2.07. The zero-order valence-corrected chi connectivity index (χ0v) is 13.2. The molecule has 3 nitrogen and oxygen atoms in total. The first-order chi connectivity index (χ1) is 11.1. The smallest absolute Gasteiger partial charge is 0.307 e. The number of benzene rings is 2. The Labute approximate surface area is 135 Å². The number of carboxylic acid groups (broad SMARTS) is 1. The highest BCUT2D eigenvalue weighted by atomic mass is 16.5. The third-order valence-corrected chi connectivity index (χ3v) is 4.14. The van der Waals surface area contributed by atoms with Crippen molar-refractivity contribution in [1.82, 2.24) is 0 Å². The van der Waals surface area contributed by atoms with Crippen molar-refractivity contribution in [3.05, 3.63) is 70.8 Å². The summed E-state index contributed by atoms with van der Waals surface area (Å²) in [6.07, 6.45) is 2.12. The molecule has 1 aliphatic carbocycles. The van der Waals surface area contributed by atoms with Gasteiger partial charge in [0, 0.05) is 0 Å². The lowest BCUT2D eigenvalue weighted by atomic mass is 10.0.